The maximum absolute atomic E-state index is 12.3. The maximum Gasteiger partial charge on any atom is 0.409 e. The highest BCUT2D eigenvalue weighted by molar-refractivity contribution is 5.93. The minimum absolute atomic E-state index is 0.0334. The van der Waals surface area contributed by atoms with Gasteiger partial charge in [0.15, 0.2) is 0 Å². The Kier molecular flexibility index (Phi) is 4.64. The molecular formula is C11H10F6N2O. The molecule has 0 atom stereocenters. The average molecular weight is 300 g/mol. The maximum atomic E-state index is 12.3. The number of carbonyl (C=O) groups excluding carboxylic acids is 1. The van der Waals surface area contributed by atoms with E-state index in [0.29, 0.717) is 5.56 Å². The van der Waals surface area contributed by atoms with Crippen LogP contribution in [0.15, 0.2) is 24.3 Å². The van der Waals surface area contributed by atoms with E-state index in [4.69, 9.17) is 5.73 Å². The highest BCUT2D eigenvalue weighted by Crippen LogP contribution is 2.39. The Balaban J connectivity index is 2.97. The largest absolute Gasteiger partial charge is 0.409 e. The van der Waals surface area contributed by atoms with Gasteiger partial charge in [-0.3, -0.25) is 4.79 Å². The summed E-state index contributed by atoms with van der Waals surface area (Å²) in [5, 5.41) is 1.60. The Morgan fingerprint density at radius 3 is 2.15 bits per heavy atom. The molecule has 1 aromatic carbocycles. The first kappa shape index (κ1) is 16.3. The topological polar surface area (TPSA) is 55.1 Å². The number of rotatable bonds is 3. The molecule has 3 N–H and O–H groups in total. The lowest BCUT2D eigenvalue weighted by Gasteiger charge is -2.22. The van der Waals surface area contributed by atoms with Crippen molar-refractivity contribution in [2.24, 2.45) is 11.7 Å². The minimum Gasteiger partial charge on any atom is -0.326 e. The smallest absolute Gasteiger partial charge is 0.326 e. The summed E-state index contributed by atoms with van der Waals surface area (Å²) in [6, 6.07) is 5.23. The quantitative estimate of drug-likeness (QED) is 0.843. The van der Waals surface area contributed by atoms with Gasteiger partial charge in [-0.05, 0) is 17.7 Å². The molecule has 0 saturated heterocycles. The van der Waals surface area contributed by atoms with Gasteiger partial charge in [0.25, 0.3) is 0 Å². The molecule has 0 heterocycles. The molecule has 20 heavy (non-hydrogen) atoms. The zero-order valence-electron chi connectivity index (χ0n) is 9.85. The predicted molar refractivity (Wildman–Crippen MR) is 58.6 cm³/mol. The fourth-order valence-electron chi connectivity index (χ4n) is 1.47. The third-order valence-electron chi connectivity index (χ3n) is 2.35. The van der Waals surface area contributed by atoms with Crippen molar-refractivity contribution in [3.05, 3.63) is 29.8 Å². The second-order valence-electron chi connectivity index (χ2n) is 3.91. The lowest BCUT2D eigenvalue weighted by Crippen LogP contribution is -2.45. The second-order valence-corrected chi connectivity index (χ2v) is 3.91. The van der Waals surface area contributed by atoms with E-state index in [2.05, 4.69) is 0 Å². The molecule has 0 aliphatic carbocycles. The molecule has 1 amide bonds. The van der Waals surface area contributed by atoms with Gasteiger partial charge in [-0.25, -0.2) is 0 Å². The van der Waals surface area contributed by atoms with Gasteiger partial charge in [0.2, 0.25) is 11.8 Å². The summed E-state index contributed by atoms with van der Waals surface area (Å²) < 4.78 is 73.9. The van der Waals surface area contributed by atoms with Crippen molar-refractivity contribution in [3.8, 4) is 0 Å². The first-order chi connectivity index (χ1) is 9.05. The second kappa shape index (κ2) is 5.70. The number of halogens is 6. The number of alkyl halides is 6. The Labute approximate surface area is 109 Å². The van der Waals surface area contributed by atoms with Crippen molar-refractivity contribution < 1.29 is 31.1 Å². The van der Waals surface area contributed by atoms with E-state index in [1.807, 2.05) is 0 Å². The molecule has 0 saturated carbocycles. The number of benzene rings is 1. The van der Waals surface area contributed by atoms with Crippen LogP contribution in [0.2, 0.25) is 0 Å². The number of hydrogen-bond acceptors (Lipinski definition) is 2. The zero-order valence-corrected chi connectivity index (χ0v) is 9.85. The van der Waals surface area contributed by atoms with E-state index in [1.165, 1.54) is 24.3 Å². The molecule has 0 radical (unpaired) electrons. The molecule has 0 unspecified atom stereocenters. The molecule has 112 valence electrons. The van der Waals surface area contributed by atoms with E-state index >= 15 is 0 Å². The van der Waals surface area contributed by atoms with Gasteiger partial charge in [0.05, 0.1) is 0 Å². The van der Waals surface area contributed by atoms with Crippen molar-refractivity contribution in [2.45, 2.75) is 18.9 Å². The van der Waals surface area contributed by atoms with E-state index < -0.39 is 24.2 Å². The molecule has 0 spiro atoms. The van der Waals surface area contributed by atoms with Gasteiger partial charge in [0, 0.05) is 12.2 Å². The molecule has 0 fully saturated rings. The summed E-state index contributed by atoms with van der Waals surface area (Å²) in [5.74, 6) is -6.25. The normalized spacial score (nSPS) is 12.6. The lowest BCUT2D eigenvalue weighted by atomic mass is 10.1. The molecule has 3 nitrogen and oxygen atoms in total. The summed E-state index contributed by atoms with van der Waals surface area (Å²) in [6.07, 6.45) is -11.4. The van der Waals surface area contributed by atoms with Crippen molar-refractivity contribution in [1.82, 2.24) is 0 Å². The SMILES string of the molecule is NCc1cccc(NC(=O)C(C(F)(F)F)C(F)(F)F)c1. The van der Waals surface area contributed by atoms with Crippen LogP contribution in [0.4, 0.5) is 32.0 Å². The van der Waals surface area contributed by atoms with Crippen LogP contribution >= 0.6 is 0 Å². The summed E-state index contributed by atoms with van der Waals surface area (Å²) in [4.78, 5) is 11.2. The molecule has 0 bridgehead atoms. The van der Waals surface area contributed by atoms with Gasteiger partial charge in [-0.15, -0.1) is 0 Å². The van der Waals surface area contributed by atoms with E-state index in [-0.39, 0.29) is 12.2 Å². The summed E-state index contributed by atoms with van der Waals surface area (Å²) in [5.41, 5.74) is 5.55. The van der Waals surface area contributed by atoms with E-state index in [1.54, 1.807) is 5.32 Å². The van der Waals surface area contributed by atoms with Crippen molar-refractivity contribution in [2.75, 3.05) is 5.32 Å². The van der Waals surface area contributed by atoms with E-state index in [9.17, 15) is 31.1 Å². The van der Waals surface area contributed by atoms with Gasteiger partial charge < -0.3 is 11.1 Å². The lowest BCUT2D eigenvalue weighted by molar-refractivity contribution is -0.272. The van der Waals surface area contributed by atoms with Crippen LogP contribution in [0, 0.1) is 5.92 Å². The summed E-state index contributed by atoms with van der Waals surface area (Å²) >= 11 is 0. The Hall–Kier alpha value is -1.77. The number of anilines is 1. The highest BCUT2D eigenvalue weighted by atomic mass is 19.4. The molecule has 0 aliphatic heterocycles. The number of hydrogen-bond donors (Lipinski definition) is 2. The van der Waals surface area contributed by atoms with Crippen LogP contribution in [0.25, 0.3) is 0 Å². The van der Waals surface area contributed by atoms with E-state index in [0.717, 1.165) is 0 Å². The molecule has 0 aromatic heterocycles. The molecule has 9 heteroatoms. The summed E-state index contributed by atoms with van der Waals surface area (Å²) in [7, 11) is 0. The fraction of sp³-hybridized carbons (Fsp3) is 0.364. The van der Waals surface area contributed by atoms with Crippen LogP contribution in [0.1, 0.15) is 5.56 Å². The highest BCUT2D eigenvalue weighted by Gasteiger charge is 2.61. The van der Waals surface area contributed by atoms with Crippen LogP contribution in [-0.4, -0.2) is 18.3 Å². The van der Waals surface area contributed by atoms with Crippen LogP contribution in [-0.2, 0) is 11.3 Å². The molecule has 1 rings (SSSR count). The monoisotopic (exact) mass is 300 g/mol. The number of nitrogens with two attached hydrogens (primary N) is 1. The summed E-state index contributed by atoms with van der Waals surface area (Å²) in [6.45, 7) is 0.0334. The van der Waals surface area contributed by atoms with Gasteiger partial charge in [-0.1, -0.05) is 12.1 Å². The third-order valence-corrected chi connectivity index (χ3v) is 2.35. The van der Waals surface area contributed by atoms with Crippen LogP contribution < -0.4 is 11.1 Å². The minimum atomic E-state index is -5.71. The van der Waals surface area contributed by atoms with Gasteiger partial charge in [0.1, 0.15) is 0 Å². The number of nitrogens with one attached hydrogen (secondary N) is 1. The first-order valence-electron chi connectivity index (χ1n) is 5.29. The number of carbonyl (C=O) groups is 1. The first-order valence-corrected chi connectivity index (χ1v) is 5.29. The van der Waals surface area contributed by atoms with Crippen LogP contribution in [0.5, 0.6) is 0 Å². The fourth-order valence-corrected chi connectivity index (χ4v) is 1.47. The molecular weight excluding hydrogens is 290 g/mol. The Bertz CT molecular complexity index is 469. The van der Waals surface area contributed by atoms with Crippen molar-refractivity contribution >= 4 is 11.6 Å². The standard InChI is InChI=1S/C11H10F6N2O/c12-10(13,14)8(11(15,16)17)9(20)19-7-3-1-2-6(4-7)5-18/h1-4,8H,5,18H2,(H,19,20). The number of amides is 1. The molecule has 0 aliphatic rings. The zero-order chi connectivity index (χ0) is 15.6. The van der Waals surface area contributed by atoms with Gasteiger partial charge >= 0.3 is 12.4 Å². The van der Waals surface area contributed by atoms with Crippen molar-refractivity contribution in [3.63, 3.8) is 0 Å². The van der Waals surface area contributed by atoms with Gasteiger partial charge in [-0.2, -0.15) is 26.3 Å². The average Bonchev–Trinajstić information content (AvgIpc) is 2.24. The van der Waals surface area contributed by atoms with Crippen LogP contribution in [0.3, 0.4) is 0 Å². The predicted octanol–water partition coefficient (Wildman–Crippen LogP) is 2.82. The Morgan fingerprint density at radius 2 is 1.70 bits per heavy atom. The Morgan fingerprint density at radius 1 is 1.15 bits per heavy atom. The third kappa shape index (κ3) is 4.12. The van der Waals surface area contributed by atoms with Crippen molar-refractivity contribution in [1.29, 1.82) is 0 Å². The molecule has 1 aromatic rings.